The number of fused-ring (bicyclic) bond motifs is 6. The van der Waals surface area contributed by atoms with Crippen LogP contribution in [0.2, 0.25) is 0 Å². The molecule has 2 aliphatic rings. The van der Waals surface area contributed by atoms with Crippen molar-refractivity contribution in [3.63, 3.8) is 0 Å². The minimum atomic E-state index is 0.540. The van der Waals surface area contributed by atoms with Crippen molar-refractivity contribution < 1.29 is 4.42 Å². The SMILES string of the molecule is c1ccc(-c2nc(-c3ccccc3)nc(-c3ccc4c(c3)oc3ccc(C5CCCC6c7ccccc7SC56)cc34)n2)cc1. The van der Waals surface area contributed by atoms with Gasteiger partial charge in [0.1, 0.15) is 11.2 Å². The molecule has 3 atom stereocenters. The molecule has 0 radical (unpaired) electrons. The first-order valence-corrected chi connectivity index (χ1v) is 16.3. The number of rotatable bonds is 4. The Hall–Kier alpha value is -4.74. The zero-order chi connectivity index (χ0) is 29.0. The predicted octanol–water partition coefficient (Wildman–Crippen LogP) is 10.3. The molecule has 0 spiro atoms. The topological polar surface area (TPSA) is 51.8 Å². The van der Waals surface area contributed by atoms with Gasteiger partial charge in [-0.25, -0.2) is 15.0 Å². The molecular formula is C39H29N3OS. The van der Waals surface area contributed by atoms with Gasteiger partial charge >= 0.3 is 0 Å². The second-order valence-electron chi connectivity index (χ2n) is 11.9. The summed E-state index contributed by atoms with van der Waals surface area (Å²) in [7, 11) is 0. The first kappa shape index (κ1) is 25.7. The third-order valence-electron chi connectivity index (χ3n) is 9.29. The lowest BCUT2D eigenvalue weighted by molar-refractivity contribution is 0.412. The summed E-state index contributed by atoms with van der Waals surface area (Å²) >= 11 is 2.09. The third kappa shape index (κ3) is 4.34. The van der Waals surface area contributed by atoms with Crippen molar-refractivity contribution in [3.8, 4) is 34.2 Å². The highest BCUT2D eigenvalue weighted by Gasteiger charge is 2.41. The molecule has 3 unspecified atom stereocenters. The van der Waals surface area contributed by atoms with Gasteiger partial charge in [0, 0.05) is 37.6 Å². The van der Waals surface area contributed by atoms with Crippen LogP contribution in [0.4, 0.5) is 0 Å². The number of furan rings is 1. The lowest BCUT2D eigenvalue weighted by Crippen LogP contribution is -2.24. The maximum absolute atomic E-state index is 6.45. The second-order valence-corrected chi connectivity index (χ2v) is 13.1. The van der Waals surface area contributed by atoms with Crippen LogP contribution >= 0.6 is 11.8 Å². The number of thioether (sulfide) groups is 1. The van der Waals surface area contributed by atoms with Crippen LogP contribution in [0.5, 0.6) is 0 Å². The number of benzene rings is 5. The van der Waals surface area contributed by atoms with Gasteiger partial charge in [-0.15, -0.1) is 11.8 Å². The van der Waals surface area contributed by atoms with E-state index in [0.717, 1.165) is 33.2 Å². The predicted molar refractivity (Wildman–Crippen MR) is 179 cm³/mol. The van der Waals surface area contributed by atoms with Gasteiger partial charge in [-0.2, -0.15) is 0 Å². The van der Waals surface area contributed by atoms with Crippen LogP contribution in [-0.2, 0) is 0 Å². The van der Waals surface area contributed by atoms with Crippen LogP contribution in [0, 0.1) is 0 Å². The standard InChI is InChI=1S/C39H29N3OS/c1-3-10-24(11-4-1)37-40-38(25-12-5-2-6-13-25)42-39(41-37)27-18-20-29-32-22-26(19-21-33(32)43-34(29)23-27)28-15-9-16-31-30-14-7-8-17-35(30)44-36(28)31/h1-8,10-14,17-23,28,31,36H,9,15-16H2. The third-order valence-corrected chi connectivity index (χ3v) is 10.8. The van der Waals surface area contributed by atoms with E-state index in [2.05, 4.69) is 72.4 Å². The number of aromatic nitrogens is 3. The molecule has 0 saturated heterocycles. The van der Waals surface area contributed by atoms with E-state index in [1.54, 1.807) is 5.56 Å². The van der Waals surface area contributed by atoms with Gasteiger partial charge < -0.3 is 4.42 Å². The van der Waals surface area contributed by atoms with Crippen LogP contribution in [-0.4, -0.2) is 20.2 Å². The second kappa shape index (κ2) is 10.5. The molecule has 5 aromatic carbocycles. The molecule has 1 aliphatic carbocycles. The summed E-state index contributed by atoms with van der Waals surface area (Å²) in [5, 5.41) is 2.91. The number of nitrogens with zero attached hydrogens (tertiary/aromatic N) is 3. The molecule has 4 nitrogen and oxygen atoms in total. The van der Waals surface area contributed by atoms with Crippen LogP contribution in [0.25, 0.3) is 56.1 Å². The Balaban J connectivity index is 1.11. The van der Waals surface area contributed by atoms with Crippen molar-refractivity contribution in [3.05, 3.63) is 132 Å². The van der Waals surface area contributed by atoms with E-state index in [1.807, 2.05) is 60.7 Å². The summed E-state index contributed by atoms with van der Waals surface area (Å²) < 4.78 is 6.45. The molecule has 1 aliphatic heterocycles. The minimum absolute atomic E-state index is 0.540. The van der Waals surface area contributed by atoms with Crippen molar-refractivity contribution in [2.75, 3.05) is 0 Å². The van der Waals surface area contributed by atoms with E-state index in [1.165, 1.54) is 35.1 Å². The highest BCUT2D eigenvalue weighted by atomic mass is 32.2. The van der Waals surface area contributed by atoms with Gasteiger partial charge in [-0.1, -0.05) is 97.4 Å². The van der Waals surface area contributed by atoms with Gasteiger partial charge in [0.15, 0.2) is 17.5 Å². The quantitative estimate of drug-likeness (QED) is 0.205. The van der Waals surface area contributed by atoms with Gasteiger partial charge in [0.05, 0.1) is 0 Å². The molecule has 5 heteroatoms. The van der Waals surface area contributed by atoms with Crippen molar-refractivity contribution in [1.82, 2.24) is 15.0 Å². The van der Waals surface area contributed by atoms with E-state index < -0.39 is 0 Å². The fourth-order valence-corrected chi connectivity index (χ4v) is 8.87. The van der Waals surface area contributed by atoms with Crippen molar-refractivity contribution >= 4 is 33.7 Å². The van der Waals surface area contributed by atoms with Crippen LogP contribution in [0.15, 0.2) is 131 Å². The van der Waals surface area contributed by atoms with Crippen molar-refractivity contribution in [2.45, 2.75) is 41.2 Å². The lowest BCUT2D eigenvalue weighted by atomic mass is 9.75. The maximum atomic E-state index is 6.45. The van der Waals surface area contributed by atoms with E-state index in [4.69, 9.17) is 19.4 Å². The van der Waals surface area contributed by atoms with Gasteiger partial charge in [-0.05, 0) is 66.1 Å². The monoisotopic (exact) mass is 587 g/mol. The fraction of sp³-hybridized carbons (Fsp3) is 0.154. The van der Waals surface area contributed by atoms with Crippen LogP contribution < -0.4 is 0 Å². The molecule has 0 bridgehead atoms. The Bertz CT molecular complexity index is 2100. The Morgan fingerprint density at radius 1 is 0.545 bits per heavy atom. The largest absolute Gasteiger partial charge is 0.456 e. The summed E-state index contributed by atoms with van der Waals surface area (Å²) in [5.41, 5.74) is 7.57. The average molecular weight is 588 g/mol. The molecule has 1 saturated carbocycles. The molecule has 44 heavy (non-hydrogen) atoms. The van der Waals surface area contributed by atoms with Gasteiger partial charge in [-0.3, -0.25) is 0 Å². The van der Waals surface area contributed by atoms with E-state index in [-0.39, 0.29) is 0 Å². The molecule has 9 rings (SSSR count). The van der Waals surface area contributed by atoms with E-state index >= 15 is 0 Å². The smallest absolute Gasteiger partial charge is 0.164 e. The Kier molecular flexibility index (Phi) is 6.12. The van der Waals surface area contributed by atoms with Gasteiger partial charge in [0.25, 0.3) is 0 Å². The first-order chi connectivity index (χ1) is 21.8. The Morgan fingerprint density at radius 2 is 1.20 bits per heavy atom. The number of hydrogen-bond donors (Lipinski definition) is 0. The maximum Gasteiger partial charge on any atom is 0.164 e. The molecular weight excluding hydrogens is 559 g/mol. The van der Waals surface area contributed by atoms with Gasteiger partial charge in [0.2, 0.25) is 0 Å². The Morgan fingerprint density at radius 3 is 1.95 bits per heavy atom. The highest BCUT2D eigenvalue weighted by Crippen LogP contribution is 2.56. The molecule has 0 N–H and O–H groups in total. The first-order valence-electron chi connectivity index (χ1n) is 15.4. The minimum Gasteiger partial charge on any atom is -0.456 e. The number of hydrogen-bond acceptors (Lipinski definition) is 5. The molecule has 3 heterocycles. The summed E-state index contributed by atoms with van der Waals surface area (Å²) in [5.74, 6) is 3.13. The van der Waals surface area contributed by atoms with Crippen LogP contribution in [0.1, 0.15) is 42.2 Å². The summed E-state index contributed by atoms with van der Waals surface area (Å²) in [6.45, 7) is 0. The molecule has 1 fully saturated rings. The van der Waals surface area contributed by atoms with E-state index in [0.29, 0.717) is 34.6 Å². The summed E-state index contributed by atoms with van der Waals surface area (Å²) in [6, 6.07) is 42.4. The lowest BCUT2D eigenvalue weighted by Gasteiger charge is -2.33. The summed E-state index contributed by atoms with van der Waals surface area (Å²) in [4.78, 5) is 16.1. The van der Waals surface area contributed by atoms with Crippen LogP contribution in [0.3, 0.4) is 0 Å². The molecule has 2 aromatic heterocycles. The average Bonchev–Trinajstić information content (AvgIpc) is 3.66. The Labute approximate surface area is 260 Å². The molecule has 7 aromatic rings. The molecule has 212 valence electrons. The molecule has 0 amide bonds. The normalized spacial score (nSPS) is 19.2. The van der Waals surface area contributed by atoms with Crippen molar-refractivity contribution in [2.24, 2.45) is 0 Å². The zero-order valence-corrected chi connectivity index (χ0v) is 24.9. The highest BCUT2D eigenvalue weighted by molar-refractivity contribution is 8.00. The summed E-state index contributed by atoms with van der Waals surface area (Å²) in [6.07, 6.45) is 3.80. The zero-order valence-electron chi connectivity index (χ0n) is 24.1. The fourth-order valence-electron chi connectivity index (χ4n) is 7.16. The van der Waals surface area contributed by atoms with Crippen molar-refractivity contribution in [1.29, 1.82) is 0 Å². The van der Waals surface area contributed by atoms with E-state index in [9.17, 15) is 0 Å².